The van der Waals surface area contributed by atoms with E-state index in [0.29, 0.717) is 19.6 Å². The Hall–Kier alpha value is -4.44. The molecule has 0 aliphatic carbocycles. The number of nitrogens with zero attached hydrogens (tertiary/aromatic N) is 3. The third kappa shape index (κ3) is 6.49. The van der Waals surface area contributed by atoms with E-state index in [1.54, 1.807) is 12.1 Å². The third-order valence-electron chi connectivity index (χ3n) is 7.47. The Kier molecular flexibility index (Phi) is 8.29. The molecular formula is C34H34N4O4S. The summed E-state index contributed by atoms with van der Waals surface area (Å²) < 4.78 is 37.3. The van der Waals surface area contributed by atoms with Crippen molar-refractivity contribution in [3.63, 3.8) is 0 Å². The maximum atomic E-state index is 11.9. The lowest BCUT2D eigenvalue weighted by molar-refractivity contribution is 0.174. The highest BCUT2D eigenvalue weighted by Gasteiger charge is 2.23. The van der Waals surface area contributed by atoms with E-state index in [1.807, 2.05) is 60.7 Å². The van der Waals surface area contributed by atoms with Gasteiger partial charge in [-0.1, -0.05) is 85.8 Å². The summed E-state index contributed by atoms with van der Waals surface area (Å²) in [4.78, 5) is 7.68. The molecule has 220 valence electrons. The molecule has 1 aromatic heterocycles. The van der Waals surface area contributed by atoms with Gasteiger partial charge in [0.2, 0.25) is 16.8 Å². The van der Waals surface area contributed by atoms with Crippen LogP contribution < -0.4 is 14.6 Å². The molecule has 2 heterocycles. The van der Waals surface area contributed by atoms with Gasteiger partial charge in [-0.15, -0.1) is 0 Å². The van der Waals surface area contributed by atoms with Gasteiger partial charge in [-0.2, -0.15) is 0 Å². The number of fused-ring (bicyclic) bond motifs is 1. The lowest BCUT2D eigenvalue weighted by atomic mass is 10.1. The maximum Gasteiger partial charge on any atom is 0.238 e. The third-order valence-corrected chi connectivity index (χ3v) is 8.40. The molecule has 1 aliphatic heterocycles. The quantitative estimate of drug-likeness (QED) is 0.195. The van der Waals surface area contributed by atoms with Crippen molar-refractivity contribution in [2.75, 3.05) is 6.79 Å². The summed E-state index contributed by atoms with van der Waals surface area (Å²) in [5.41, 5.74) is 6.25. The summed E-state index contributed by atoms with van der Waals surface area (Å²) in [6, 6.07) is 33.4. The van der Waals surface area contributed by atoms with Crippen molar-refractivity contribution < 1.29 is 17.9 Å². The minimum absolute atomic E-state index is 0.0958. The fourth-order valence-corrected chi connectivity index (χ4v) is 5.98. The van der Waals surface area contributed by atoms with Crippen molar-refractivity contribution in [2.45, 2.75) is 44.4 Å². The smallest absolute Gasteiger partial charge is 0.238 e. The van der Waals surface area contributed by atoms with Crippen LogP contribution in [0, 0.1) is 0 Å². The Morgan fingerprint density at radius 2 is 1.42 bits per heavy atom. The molecule has 8 nitrogen and oxygen atoms in total. The van der Waals surface area contributed by atoms with Crippen LogP contribution in [0.4, 0.5) is 0 Å². The van der Waals surface area contributed by atoms with Gasteiger partial charge in [-0.25, -0.2) is 18.5 Å². The largest absolute Gasteiger partial charge is 0.454 e. The fourth-order valence-electron chi connectivity index (χ4n) is 5.47. The molecular weight excluding hydrogens is 560 g/mol. The van der Waals surface area contributed by atoms with E-state index >= 15 is 0 Å². The molecule has 0 fully saturated rings. The maximum absolute atomic E-state index is 11.9. The second kappa shape index (κ2) is 12.4. The zero-order valence-corrected chi connectivity index (χ0v) is 24.8. The van der Waals surface area contributed by atoms with E-state index in [9.17, 15) is 8.42 Å². The topological polar surface area (TPSA) is 99.7 Å². The minimum Gasteiger partial charge on any atom is -0.454 e. The van der Waals surface area contributed by atoms with Gasteiger partial charge in [0.15, 0.2) is 11.5 Å². The summed E-state index contributed by atoms with van der Waals surface area (Å²) in [5, 5.41) is 5.35. The van der Waals surface area contributed by atoms with Gasteiger partial charge in [0.05, 0.1) is 16.3 Å². The fraction of sp³-hybridized carbons (Fsp3) is 0.206. The summed E-state index contributed by atoms with van der Waals surface area (Å²) in [6.45, 7) is 5.02. The molecule has 6 rings (SSSR count). The molecule has 0 amide bonds. The molecule has 2 N–H and O–H groups in total. The second-order valence-corrected chi connectivity index (χ2v) is 12.2. The van der Waals surface area contributed by atoms with Crippen molar-refractivity contribution in [3.8, 4) is 34.1 Å². The standard InChI is InChI=1S/C34H34N4O4S/c1-2-19-38-30(33(27-9-5-3-6-10-27)36-34(38)28-11-7-4-8-12-28)23-37(21-25-13-16-29(17-14-25)43(35,39)40)22-26-15-18-31-32(20-26)42-24-41-31/h3-18,20H,2,19,21-24H2,1H3,(H2,35,39,40). The highest BCUT2D eigenvalue weighted by atomic mass is 32.2. The highest BCUT2D eigenvalue weighted by Crippen LogP contribution is 2.34. The van der Waals surface area contributed by atoms with Gasteiger partial charge in [0.1, 0.15) is 5.82 Å². The average Bonchev–Trinajstić information content (AvgIpc) is 3.63. The number of sulfonamides is 1. The van der Waals surface area contributed by atoms with E-state index < -0.39 is 10.0 Å². The van der Waals surface area contributed by atoms with Gasteiger partial charge >= 0.3 is 0 Å². The zero-order valence-electron chi connectivity index (χ0n) is 24.0. The number of benzene rings is 4. The number of rotatable bonds is 11. The Labute approximate surface area is 252 Å². The number of aromatic nitrogens is 2. The van der Waals surface area contributed by atoms with Crippen molar-refractivity contribution >= 4 is 10.0 Å². The van der Waals surface area contributed by atoms with Gasteiger partial charge < -0.3 is 14.0 Å². The molecule has 0 bridgehead atoms. The average molecular weight is 595 g/mol. The molecule has 0 saturated carbocycles. The second-order valence-electron chi connectivity index (χ2n) is 10.6. The summed E-state index contributed by atoms with van der Waals surface area (Å²) >= 11 is 0. The number of nitrogens with two attached hydrogens (primary N) is 1. The van der Waals surface area contributed by atoms with Crippen LogP contribution in [0.2, 0.25) is 0 Å². The first kappa shape index (κ1) is 28.7. The van der Waals surface area contributed by atoms with Crippen molar-refractivity contribution in [3.05, 3.63) is 120 Å². The Morgan fingerprint density at radius 3 is 2.09 bits per heavy atom. The molecule has 43 heavy (non-hydrogen) atoms. The molecule has 0 spiro atoms. The van der Waals surface area contributed by atoms with E-state index in [0.717, 1.165) is 63.9 Å². The molecule has 0 unspecified atom stereocenters. The molecule has 1 aliphatic rings. The first-order valence-corrected chi connectivity index (χ1v) is 15.9. The van der Waals surface area contributed by atoms with E-state index in [4.69, 9.17) is 19.6 Å². The van der Waals surface area contributed by atoms with Crippen LogP contribution in [-0.4, -0.2) is 29.7 Å². The lowest BCUT2D eigenvalue weighted by Gasteiger charge is -2.25. The lowest BCUT2D eigenvalue weighted by Crippen LogP contribution is -2.24. The van der Waals surface area contributed by atoms with Crippen molar-refractivity contribution in [1.82, 2.24) is 14.5 Å². The number of hydrogen-bond acceptors (Lipinski definition) is 6. The van der Waals surface area contributed by atoms with Crippen LogP contribution >= 0.6 is 0 Å². The number of primary sulfonamides is 1. The summed E-state index contributed by atoms with van der Waals surface area (Å²) in [5.74, 6) is 2.42. The Balaban J connectivity index is 1.43. The first-order valence-electron chi connectivity index (χ1n) is 14.3. The van der Waals surface area contributed by atoms with E-state index in [-0.39, 0.29) is 11.7 Å². The molecule has 0 saturated heterocycles. The first-order chi connectivity index (χ1) is 20.9. The van der Waals surface area contributed by atoms with Gasteiger partial charge in [0.25, 0.3) is 0 Å². The van der Waals surface area contributed by atoms with Crippen LogP contribution in [0.3, 0.4) is 0 Å². The van der Waals surface area contributed by atoms with Gasteiger partial charge in [0, 0.05) is 37.3 Å². The monoisotopic (exact) mass is 594 g/mol. The minimum atomic E-state index is -3.77. The van der Waals surface area contributed by atoms with E-state index in [2.05, 4.69) is 46.7 Å². The van der Waals surface area contributed by atoms with Crippen molar-refractivity contribution in [1.29, 1.82) is 0 Å². The SMILES string of the molecule is CCCn1c(-c2ccccc2)nc(-c2ccccc2)c1CN(Cc1ccc(S(N)(=O)=O)cc1)Cc1ccc2c(c1)OCO2. The molecule has 9 heteroatoms. The zero-order chi connectivity index (χ0) is 29.8. The van der Waals surface area contributed by atoms with E-state index in [1.165, 1.54) is 0 Å². The van der Waals surface area contributed by atoms with Crippen LogP contribution in [0.5, 0.6) is 11.5 Å². The predicted molar refractivity (Wildman–Crippen MR) is 167 cm³/mol. The van der Waals surface area contributed by atoms with Crippen LogP contribution in [0.1, 0.15) is 30.2 Å². The molecule has 4 aromatic carbocycles. The van der Waals surface area contributed by atoms with Gasteiger partial charge in [-0.3, -0.25) is 4.90 Å². The molecule has 5 aromatic rings. The molecule has 0 atom stereocenters. The Bertz CT molecular complexity index is 1810. The van der Waals surface area contributed by atoms with Crippen LogP contribution in [-0.2, 0) is 36.2 Å². The van der Waals surface area contributed by atoms with Crippen LogP contribution in [0.15, 0.2) is 108 Å². The normalized spacial score (nSPS) is 12.6. The van der Waals surface area contributed by atoms with Crippen LogP contribution in [0.25, 0.3) is 22.6 Å². The molecule has 0 radical (unpaired) electrons. The number of hydrogen-bond donors (Lipinski definition) is 1. The Morgan fingerprint density at radius 1 is 0.791 bits per heavy atom. The summed E-state index contributed by atoms with van der Waals surface area (Å²) in [7, 11) is -3.77. The number of ether oxygens (including phenoxy) is 2. The van der Waals surface area contributed by atoms with Gasteiger partial charge in [-0.05, 0) is 41.8 Å². The highest BCUT2D eigenvalue weighted by molar-refractivity contribution is 7.89. The predicted octanol–water partition coefficient (Wildman–Crippen LogP) is 6.21. The van der Waals surface area contributed by atoms with Crippen molar-refractivity contribution in [2.24, 2.45) is 5.14 Å². The number of imidazole rings is 1. The summed E-state index contributed by atoms with van der Waals surface area (Å²) in [6.07, 6.45) is 0.953.